The van der Waals surface area contributed by atoms with E-state index in [-0.39, 0.29) is 35.5 Å². The summed E-state index contributed by atoms with van der Waals surface area (Å²) in [5.41, 5.74) is -0.247. The van der Waals surface area contributed by atoms with Gasteiger partial charge in [0.1, 0.15) is 11.5 Å². The number of hydrogen-bond acceptors (Lipinski definition) is 9. The number of phenolic OH excluding ortho intramolecular Hbond substituents is 1. The Morgan fingerprint density at radius 1 is 1.11 bits per heavy atom. The average Bonchev–Trinajstić information content (AvgIpc) is 3.03. The Kier molecular flexibility index (Phi) is 7.22. The van der Waals surface area contributed by atoms with Gasteiger partial charge in [0.05, 0.1) is 12.7 Å². The van der Waals surface area contributed by atoms with Crippen LogP contribution in [0.25, 0.3) is 5.57 Å². The molecule has 11 heteroatoms. The fourth-order valence-electron chi connectivity index (χ4n) is 3.75. The van der Waals surface area contributed by atoms with Crippen LogP contribution in [0, 0.1) is 0 Å². The molecule has 1 aliphatic rings. The molecule has 35 heavy (non-hydrogen) atoms. The molecule has 0 spiro atoms. The first-order chi connectivity index (χ1) is 16.4. The summed E-state index contributed by atoms with van der Waals surface area (Å²) in [6.07, 6.45) is 1.76. The van der Waals surface area contributed by atoms with Crippen LogP contribution in [-0.2, 0) is 42.3 Å². The summed E-state index contributed by atoms with van der Waals surface area (Å²) in [5.74, 6) is -3.06. The van der Waals surface area contributed by atoms with Crippen LogP contribution in [0.15, 0.2) is 59.9 Å². The van der Waals surface area contributed by atoms with Gasteiger partial charge in [0.15, 0.2) is 0 Å². The molecule has 10 nitrogen and oxygen atoms in total. The second-order valence-corrected chi connectivity index (χ2v) is 9.12. The maximum Gasteiger partial charge on any atom is 0.446 e. The minimum absolute atomic E-state index is 0.0684. The Bertz CT molecular complexity index is 1320. The van der Waals surface area contributed by atoms with Gasteiger partial charge in [-0.05, 0) is 49.6 Å². The van der Waals surface area contributed by atoms with Gasteiger partial charge < -0.3 is 23.9 Å². The van der Waals surface area contributed by atoms with Crippen LogP contribution < -0.4 is 4.18 Å². The summed E-state index contributed by atoms with van der Waals surface area (Å²) in [6, 6.07) is 9.70. The van der Waals surface area contributed by atoms with Crippen molar-refractivity contribution in [3.63, 3.8) is 0 Å². The summed E-state index contributed by atoms with van der Waals surface area (Å²) in [5, 5.41) is 20.1. The first-order valence-corrected chi connectivity index (χ1v) is 11.7. The summed E-state index contributed by atoms with van der Waals surface area (Å²) in [4.78, 5) is 25.4. The van der Waals surface area contributed by atoms with Gasteiger partial charge in [0, 0.05) is 12.0 Å². The zero-order valence-corrected chi connectivity index (χ0v) is 20.0. The zero-order valence-electron chi connectivity index (χ0n) is 19.1. The molecule has 1 atom stereocenters. The number of methoxy groups -OCH3 is 1. The van der Waals surface area contributed by atoms with Gasteiger partial charge in [-0.2, -0.15) is 8.42 Å². The van der Waals surface area contributed by atoms with E-state index in [1.54, 1.807) is 6.08 Å². The smallest absolute Gasteiger partial charge is 0.446 e. The van der Waals surface area contributed by atoms with E-state index >= 15 is 0 Å². The molecule has 3 N–H and O–H groups in total. The van der Waals surface area contributed by atoms with Crippen LogP contribution in [0.3, 0.4) is 0 Å². The number of ether oxygens (including phenoxy) is 2. The fraction of sp³-hybridized carbons (Fsp3) is 0.250. The molecule has 186 valence electrons. The van der Waals surface area contributed by atoms with Gasteiger partial charge >= 0.3 is 22.3 Å². The molecule has 3 rings (SSSR count). The monoisotopic (exact) mass is 504 g/mol. The van der Waals surface area contributed by atoms with E-state index in [4.69, 9.17) is 14.0 Å². The van der Waals surface area contributed by atoms with E-state index in [9.17, 15) is 28.2 Å². The molecular formula is C24H24O10S. The third kappa shape index (κ3) is 5.64. The van der Waals surface area contributed by atoms with Crippen molar-refractivity contribution in [2.75, 3.05) is 7.11 Å². The van der Waals surface area contributed by atoms with Crippen molar-refractivity contribution in [3.05, 3.63) is 76.6 Å². The van der Waals surface area contributed by atoms with Crippen LogP contribution in [0.2, 0.25) is 0 Å². The highest BCUT2D eigenvalue weighted by atomic mass is 32.3. The third-order valence-electron chi connectivity index (χ3n) is 5.28. The Morgan fingerprint density at radius 2 is 1.77 bits per heavy atom. The zero-order chi connectivity index (χ0) is 26.0. The topological polar surface area (TPSA) is 157 Å². The number of cyclic esters (lactones) is 1. The number of allylic oxidation sites excluding steroid dienone is 2. The molecule has 0 amide bonds. The van der Waals surface area contributed by atoms with Gasteiger partial charge in [-0.1, -0.05) is 35.9 Å². The lowest BCUT2D eigenvalue weighted by molar-refractivity contribution is -0.169. The van der Waals surface area contributed by atoms with E-state index in [1.807, 2.05) is 13.8 Å². The predicted octanol–water partition coefficient (Wildman–Crippen LogP) is 3.06. The molecule has 2 aromatic carbocycles. The molecule has 0 saturated carbocycles. The number of phenols is 1. The number of aromatic hydroxyl groups is 1. The molecule has 1 heterocycles. The lowest BCUT2D eigenvalue weighted by Crippen LogP contribution is -2.44. The van der Waals surface area contributed by atoms with Crippen molar-refractivity contribution in [3.8, 4) is 11.5 Å². The van der Waals surface area contributed by atoms with Crippen LogP contribution in [0.4, 0.5) is 0 Å². The van der Waals surface area contributed by atoms with E-state index in [0.717, 1.165) is 12.7 Å². The number of carbonyl (C=O) groups excluding carboxylic acids is 2. The lowest BCUT2D eigenvalue weighted by Gasteiger charge is -2.28. The Morgan fingerprint density at radius 3 is 2.34 bits per heavy atom. The third-order valence-corrected chi connectivity index (χ3v) is 5.67. The maximum absolute atomic E-state index is 13.0. The maximum atomic E-state index is 13.0. The van der Waals surface area contributed by atoms with Crippen LogP contribution >= 0.6 is 0 Å². The number of esters is 2. The number of benzene rings is 2. The van der Waals surface area contributed by atoms with E-state index in [1.165, 1.54) is 42.5 Å². The minimum atomic E-state index is -4.79. The largest absolute Gasteiger partial charge is 0.508 e. The summed E-state index contributed by atoms with van der Waals surface area (Å²) >= 11 is 0. The van der Waals surface area contributed by atoms with Crippen LogP contribution in [0.1, 0.15) is 30.5 Å². The second-order valence-electron chi connectivity index (χ2n) is 8.09. The molecule has 0 bridgehead atoms. The molecule has 0 aromatic heterocycles. The molecular weight excluding hydrogens is 480 g/mol. The van der Waals surface area contributed by atoms with Crippen LogP contribution in [0.5, 0.6) is 11.5 Å². The molecule has 1 aliphatic heterocycles. The molecule has 0 aliphatic carbocycles. The Balaban J connectivity index is 2.14. The lowest BCUT2D eigenvalue weighted by atomic mass is 9.83. The first kappa shape index (κ1) is 25.8. The number of carbonyl (C=O) groups is 2. The highest BCUT2D eigenvalue weighted by Gasteiger charge is 2.55. The Hall–Kier alpha value is -3.83. The van der Waals surface area contributed by atoms with Gasteiger partial charge in [-0.25, -0.2) is 9.59 Å². The van der Waals surface area contributed by atoms with E-state index < -0.39 is 33.7 Å². The van der Waals surface area contributed by atoms with E-state index in [2.05, 4.69) is 4.18 Å². The fourth-order valence-corrected chi connectivity index (χ4v) is 4.14. The highest BCUT2D eigenvalue weighted by Crippen LogP contribution is 2.43. The summed E-state index contributed by atoms with van der Waals surface area (Å²) in [7, 11) is -3.69. The van der Waals surface area contributed by atoms with E-state index in [0.29, 0.717) is 11.1 Å². The molecule has 2 aromatic rings. The van der Waals surface area contributed by atoms with Gasteiger partial charge in [0.2, 0.25) is 11.4 Å². The number of rotatable bonds is 8. The van der Waals surface area contributed by atoms with Crippen molar-refractivity contribution >= 4 is 27.9 Å². The van der Waals surface area contributed by atoms with Crippen molar-refractivity contribution < 1.29 is 46.4 Å². The van der Waals surface area contributed by atoms with Gasteiger partial charge in [0.25, 0.3) is 0 Å². The molecule has 0 saturated heterocycles. The number of aliphatic hydroxyl groups is 1. The minimum Gasteiger partial charge on any atom is -0.508 e. The second kappa shape index (κ2) is 9.80. The molecule has 0 radical (unpaired) electrons. The van der Waals surface area contributed by atoms with Crippen molar-refractivity contribution in [1.29, 1.82) is 0 Å². The quantitative estimate of drug-likeness (QED) is 0.277. The predicted molar refractivity (Wildman–Crippen MR) is 124 cm³/mol. The first-order valence-electron chi connectivity index (χ1n) is 10.3. The number of hydrogen-bond donors (Lipinski definition) is 3. The average molecular weight is 505 g/mol. The molecule has 0 unspecified atom stereocenters. The number of aliphatic hydroxyl groups excluding tert-OH is 1. The van der Waals surface area contributed by atoms with Crippen molar-refractivity contribution in [1.82, 2.24) is 0 Å². The standard InChI is InChI=1S/C24H24O10S/c1-14(2)4-6-17-12-15(5-11-19(17)34-35(29,30)31)13-24(23(28)32-3)20(21(26)22(27)33-24)16-7-9-18(25)10-8-16/h4-5,7-12,25-26H,6,13H2,1-3H3,(H,29,30,31)/t24-/m1/s1. The summed E-state index contributed by atoms with van der Waals surface area (Å²) < 4.78 is 46.7. The van der Waals surface area contributed by atoms with Crippen molar-refractivity contribution in [2.45, 2.75) is 32.3 Å². The molecule has 0 fully saturated rings. The Labute approximate surface area is 202 Å². The normalized spacial score (nSPS) is 17.7. The SMILES string of the molecule is COC(=O)[C@]1(Cc2ccc(OS(=O)(=O)O)c(CC=C(C)C)c2)OC(=O)C(O)=C1c1ccc(O)cc1. The van der Waals surface area contributed by atoms with Gasteiger partial charge in [-0.3, -0.25) is 4.55 Å². The highest BCUT2D eigenvalue weighted by molar-refractivity contribution is 7.81. The van der Waals surface area contributed by atoms with Gasteiger partial charge in [-0.15, -0.1) is 0 Å². The summed E-state index contributed by atoms with van der Waals surface area (Å²) in [6.45, 7) is 3.68. The van der Waals surface area contributed by atoms with Crippen LogP contribution in [-0.4, -0.2) is 47.8 Å². The van der Waals surface area contributed by atoms with Crippen molar-refractivity contribution in [2.24, 2.45) is 0 Å².